The average Bonchev–Trinajstić information content (AvgIpc) is 2.46. The number of hydrogen-bond donors (Lipinski definition) is 0. The van der Waals surface area contributed by atoms with Gasteiger partial charge < -0.3 is 4.74 Å². The molecular formula is C17H15F3O2. The number of ether oxygens (including phenoxy) is 1. The first-order chi connectivity index (χ1) is 10.3. The second-order valence-electron chi connectivity index (χ2n) is 5.11. The van der Waals surface area contributed by atoms with Gasteiger partial charge in [-0.05, 0) is 49.2 Å². The maximum absolute atomic E-state index is 12.5. The quantitative estimate of drug-likeness (QED) is 0.751. The Hall–Kier alpha value is -2.30. The zero-order valence-electron chi connectivity index (χ0n) is 12.1. The number of alkyl halides is 3. The van der Waals surface area contributed by atoms with E-state index in [1.165, 1.54) is 12.1 Å². The van der Waals surface area contributed by atoms with E-state index in [-0.39, 0.29) is 6.10 Å². The molecule has 0 saturated carbocycles. The molecule has 0 spiro atoms. The van der Waals surface area contributed by atoms with E-state index in [4.69, 9.17) is 4.74 Å². The topological polar surface area (TPSA) is 26.3 Å². The Kier molecular flexibility index (Phi) is 4.54. The van der Waals surface area contributed by atoms with Gasteiger partial charge in [-0.15, -0.1) is 0 Å². The number of benzene rings is 2. The van der Waals surface area contributed by atoms with E-state index in [9.17, 15) is 18.0 Å². The van der Waals surface area contributed by atoms with Crippen LogP contribution in [0.25, 0.3) is 11.1 Å². The van der Waals surface area contributed by atoms with E-state index in [1.807, 2.05) is 0 Å². The molecule has 0 aliphatic rings. The molecule has 22 heavy (non-hydrogen) atoms. The third kappa shape index (κ3) is 3.87. The van der Waals surface area contributed by atoms with Crippen LogP contribution >= 0.6 is 0 Å². The number of hydrogen-bond acceptors (Lipinski definition) is 2. The van der Waals surface area contributed by atoms with Crippen molar-refractivity contribution in [3.05, 3.63) is 59.7 Å². The average molecular weight is 308 g/mol. The van der Waals surface area contributed by atoms with Crippen molar-refractivity contribution in [1.29, 1.82) is 0 Å². The predicted molar refractivity (Wildman–Crippen MR) is 77.4 cm³/mol. The van der Waals surface area contributed by atoms with Crippen molar-refractivity contribution in [3.63, 3.8) is 0 Å². The Bertz CT molecular complexity index is 641. The van der Waals surface area contributed by atoms with Crippen molar-refractivity contribution in [2.45, 2.75) is 26.1 Å². The van der Waals surface area contributed by atoms with E-state index in [0.29, 0.717) is 11.1 Å². The molecule has 0 unspecified atom stereocenters. The van der Waals surface area contributed by atoms with E-state index in [2.05, 4.69) is 0 Å². The minimum atomic E-state index is -4.34. The van der Waals surface area contributed by atoms with E-state index >= 15 is 0 Å². The molecule has 0 aromatic heterocycles. The van der Waals surface area contributed by atoms with Crippen molar-refractivity contribution < 1.29 is 22.7 Å². The summed E-state index contributed by atoms with van der Waals surface area (Å²) in [4.78, 5) is 11.7. The fraction of sp³-hybridized carbons (Fsp3) is 0.235. The lowest BCUT2D eigenvalue weighted by Gasteiger charge is -2.09. The van der Waals surface area contributed by atoms with Crippen molar-refractivity contribution in [3.8, 4) is 11.1 Å². The molecule has 0 aliphatic heterocycles. The van der Waals surface area contributed by atoms with Gasteiger partial charge in [-0.25, -0.2) is 4.79 Å². The van der Waals surface area contributed by atoms with Gasteiger partial charge in [0, 0.05) is 0 Å². The molecule has 5 heteroatoms. The van der Waals surface area contributed by atoms with Gasteiger partial charge in [0.2, 0.25) is 0 Å². The van der Waals surface area contributed by atoms with Crippen molar-refractivity contribution in [2.75, 3.05) is 0 Å². The highest BCUT2D eigenvalue weighted by molar-refractivity contribution is 5.90. The normalized spacial score (nSPS) is 11.5. The summed E-state index contributed by atoms with van der Waals surface area (Å²) >= 11 is 0. The first-order valence-corrected chi connectivity index (χ1v) is 6.76. The smallest absolute Gasteiger partial charge is 0.416 e. The number of carbonyl (C=O) groups excluding carboxylic acids is 1. The molecule has 0 aliphatic carbocycles. The van der Waals surface area contributed by atoms with E-state index in [1.54, 1.807) is 38.1 Å². The number of halogens is 3. The highest BCUT2D eigenvalue weighted by Gasteiger charge is 2.29. The maximum atomic E-state index is 12.5. The molecular weight excluding hydrogens is 293 g/mol. The minimum Gasteiger partial charge on any atom is -0.459 e. The molecule has 2 nitrogen and oxygen atoms in total. The van der Waals surface area contributed by atoms with Crippen LogP contribution in [0.15, 0.2) is 48.5 Å². The summed E-state index contributed by atoms with van der Waals surface area (Å²) in [6.07, 6.45) is -4.55. The summed E-state index contributed by atoms with van der Waals surface area (Å²) in [5.74, 6) is -0.422. The lowest BCUT2D eigenvalue weighted by molar-refractivity contribution is -0.137. The van der Waals surface area contributed by atoms with Gasteiger partial charge >= 0.3 is 12.1 Å². The van der Waals surface area contributed by atoms with Crippen molar-refractivity contribution in [2.24, 2.45) is 0 Å². The van der Waals surface area contributed by atoms with Crippen LogP contribution in [-0.2, 0) is 10.9 Å². The summed E-state index contributed by atoms with van der Waals surface area (Å²) < 4.78 is 42.6. The second kappa shape index (κ2) is 6.22. The summed E-state index contributed by atoms with van der Waals surface area (Å²) in [5, 5.41) is 0. The summed E-state index contributed by atoms with van der Waals surface area (Å²) in [7, 11) is 0. The Labute approximate surface area is 126 Å². The molecule has 2 aromatic rings. The Morgan fingerprint density at radius 2 is 1.36 bits per heavy atom. The first-order valence-electron chi connectivity index (χ1n) is 6.76. The number of carbonyl (C=O) groups is 1. The van der Waals surface area contributed by atoms with Crippen LogP contribution in [0.1, 0.15) is 29.8 Å². The number of rotatable bonds is 3. The Morgan fingerprint density at radius 1 is 0.909 bits per heavy atom. The third-order valence-corrected chi connectivity index (χ3v) is 3.01. The molecule has 0 radical (unpaired) electrons. The largest absolute Gasteiger partial charge is 0.459 e. The van der Waals surface area contributed by atoms with Crippen LogP contribution in [0.2, 0.25) is 0 Å². The lowest BCUT2D eigenvalue weighted by Crippen LogP contribution is -2.11. The van der Waals surface area contributed by atoms with Crippen LogP contribution in [0.5, 0.6) is 0 Å². The van der Waals surface area contributed by atoms with Crippen LogP contribution < -0.4 is 0 Å². The fourth-order valence-electron chi connectivity index (χ4n) is 1.93. The fourth-order valence-corrected chi connectivity index (χ4v) is 1.93. The van der Waals surface area contributed by atoms with Gasteiger partial charge in [0.15, 0.2) is 0 Å². The Balaban J connectivity index is 2.18. The number of esters is 1. The first kappa shape index (κ1) is 16.1. The molecule has 2 rings (SSSR count). The van der Waals surface area contributed by atoms with Gasteiger partial charge in [0.1, 0.15) is 0 Å². The summed E-state index contributed by atoms with van der Waals surface area (Å²) in [6.45, 7) is 3.52. The molecule has 0 atom stereocenters. The lowest BCUT2D eigenvalue weighted by atomic mass is 10.0. The van der Waals surface area contributed by atoms with Crippen LogP contribution in [0.4, 0.5) is 13.2 Å². The molecule has 0 amide bonds. The van der Waals surface area contributed by atoms with Gasteiger partial charge in [0.05, 0.1) is 17.2 Å². The predicted octanol–water partition coefficient (Wildman–Crippen LogP) is 4.94. The molecule has 116 valence electrons. The van der Waals surface area contributed by atoms with E-state index in [0.717, 1.165) is 17.7 Å². The van der Waals surface area contributed by atoms with Crippen molar-refractivity contribution >= 4 is 5.97 Å². The molecule has 2 aromatic carbocycles. The molecule has 0 bridgehead atoms. The monoisotopic (exact) mass is 308 g/mol. The summed E-state index contributed by atoms with van der Waals surface area (Å²) in [5.41, 5.74) is 1.10. The van der Waals surface area contributed by atoms with Crippen molar-refractivity contribution in [1.82, 2.24) is 0 Å². The van der Waals surface area contributed by atoms with E-state index < -0.39 is 17.7 Å². The van der Waals surface area contributed by atoms with Crippen LogP contribution in [-0.4, -0.2) is 12.1 Å². The summed E-state index contributed by atoms with van der Waals surface area (Å²) in [6, 6.07) is 11.4. The molecule has 0 fully saturated rings. The zero-order valence-corrected chi connectivity index (χ0v) is 12.1. The minimum absolute atomic E-state index is 0.206. The van der Waals surface area contributed by atoms with Gasteiger partial charge in [-0.3, -0.25) is 0 Å². The highest BCUT2D eigenvalue weighted by Crippen LogP contribution is 2.31. The Morgan fingerprint density at radius 3 is 1.77 bits per heavy atom. The molecule has 0 saturated heterocycles. The third-order valence-electron chi connectivity index (χ3n) is 3.01. The standard InChI is InChI=1S/C17H15F3O2/c1-11(2)22-16(21)14-5-3-12(4-6-14)13-7-9-15(10-8-13)17(18,19)20/h3-11H,1-2H3. The molecule has 0 N–H and O–H groups in total. The maximum Gasteiger partial charge on any atom is 0.416 e. The van der Waals surface area contributed by atoms with Crippen LogP contribution in [0.3, 0.4) is 0 Å². The second-order valence-corrected chi connectivity index (χ2v) is 5.11. The van der Waals surface area contributed by atoms with Gasteiger partial charge in [0.25, 0.3) is 0 Å². The SMILES string of the molecule is CC(C)OC(=O)c1ccc(-c2ccc(C(F)(F)F)cc2)cc1. The van der Waals surface area contributed by atoms with Crippen LogP contribution in [0, 0.1) is 0 Å². The molecule has 0 heterocycles. The van der Waals surface area contributed by atoms with Gasteiger partial charge in [-0.1, -0.05) is 24.3 Å². The zero-order chi connectivity index (χ0) is 16.3. The highest BCUT2D eigenvalue weighted by atomic mass is 19.4. The van der Waals surface area contributed by atoms with Gasteiger partial charge in [-0.2, -0.15) is 13.2 Å².